The van der Waals surface area contributed by atoms with Crippen LogP contribution >= 0.6 is 0 Å². The van der Waals surface area contributed by atoms with Crippen LogP contribution in [0.4, 0.5) is 0 Å². The molecule has 2 N–H and O–H groups in total. The predicted molar refractivity (Wildman–Crippen MR) is 69.6 cm³/mol. The fourth-order valence-electron chi connectivity index (χ4n) is 1.76. The summed E-state index contributed by atoms with van der Waals surface area (Å²) in [7, 11) is 0. The number of carboxylic acid groups (broad SMARTS) is 1. The number of amides is 3. The Balaban J connectivity index is 2.10. The Hall–Kier alpha value is -2.18. The lowest BCUT2D eigenvalue weighted by molar-refractivity contribution is -0.141. The van der Waals surface area contributed by atoms with Gasteiger partial charge in [0.25, 0.3) is 11.8 Å². The van der Waals surface area contributed by atoms with Crippen LogP contribution in [-0.2, 0) is 19.2 Å². The first-order valence-electron chi connectivity index (χ1n) is 6.47. The van der Waals surface area contributed by atoms with Crippen LogP contribution in [0.5, 0.6) is 0 Å². The third-order valence-electron chi connectivity index (χ3n) is 2.93. The first-order valence-corrected chi connectivity index (χ1v) is 6.47. The maximum atomic E-state index is 11.4. The topological polar surface area (TPSA) is 104 Å². The van der Waals surface area contributed by atoms with Crippen LogP contribution in [0.3, 0.4) is 0 Å². The average molecular weight is 282 g/mol. The minimum absolute atomic E-state index is 0.234. The molecule has 1 heterocycles. The maximum absolute atomic E-state index is 11.4. The van der Waals surface area contributed by atoms with Gasteiger partial charge in [0.05, 0.1) is 0 Å². The standard InChI is InChI=1S/C13H18N2O5/c1-9(13(19)20)14-10(16)5-3-2-4-8-15-11(17)6-7-12(15)18/h6-7,9H,2-5,8H2,1H3,(H,14,16)(H,19,20)/t9-/m0/s1. The third kappa shape index (κ3) is 4.83. The molecule has 0 spiro atoms. The first kappa shape index (κ1) is 15.9. The number of aliphatic carboxylic acids is 1. The molecule has 0 aromatic rings. The number of carbonyl (C=O) groups excluding carboxylic acids is 3. The maximum Gasteiger partial charge on any atom is 0.325 e. The van der Waals surface area contributed by atoms with E-state index in [1.165, 1.54) is 19.1 Å². The van der Waals surface area contributed by atoms with Crippen molar-refractivity contribution in [3.05, 3.63) is 12.2 Å². The van der Waals surface area contributed by atoms with Crippen LogP contribution in [0.15, 0.2) is 12.2 Å². The fourth-order valence-corrected chi connectivity index (χ4v) is 1.76. The van der Waals surface area contributed by atoms with Gasteiger partial charge in [-0.2, -0.15) is 0 Å². The number of hydrogen-bond acceptors (Lipinski definition) is 4. The van der Waals surface area contributed by atoms with Gasteiger partial charge in [-0.05, 0) is 19.8 Å². The Morgan fingerprint density at radius 1 is 1.20 bits per heavy atom. The monoisotopic (exact) mass is 282 g/mol. The molecule has 0 aromatic carbocycles. The van der Waals surface area contributed by atoms with E-state index in [0.717, 1.165) is 4.90 Å². The van der Waals surface area contributed by atoms with Gasteiger partial charge in [0.1, 0.15) is 6.04 Å². The summed E-state index contributed by atoms with van der Waals surface area (Å²) in [6.45, 7) is 1.75. The molecule has 20 heavy (non-hydrogen) atoms. The molecule has 0 saturated heterocycles. The van der Waals surface area contributed by atoms with Crippen LogP contribution in [0.25, 0.3) is 0 Å². The largest absolute Gasteiger partial charge is 0.480 e. The Bertz CT molecular complexity index is 426. The molecule has 1 atom stereocenters. The smallest absolute Gasteiger partial charge is 0.325 e. The molecule has 1 rings (SSSR count). The molecular formula is C13H18N2O5. The average Bonchev–Trinajstić information content (AvgIpc) is 2.69. The summed E-state index contributed by atoms with van der Waals surface area (Å²) in [6, 6.07) is -0.895. The van der Waals surface area contributed by atoms with Gasteiger partial charge in [0.2, 0.25) is 5.91 Å². The Kier molecular flexibility index (Phi) is 5.89. The molecule has 0 unspecified atom stereocenters. The zero-order chi connectivity index (χ0) is 15.1. The number of hydrogen-bond donors (Lipinski definition) is 2. The molecule has 7 nitrogen and oxygen atoms in total. The number of unbranched alkanes of at least 4 members (excludes halogenated alkanes) is 2. The molecular weight excluding hydrogens is 264 g/mol. The zero-order valence-electron chi connectivity index (χ0n) is 11.3. The Labute approximate surface area is 116 Å². The minimum atomic E-state index is -1.07. The van der Waals surface area contributed by atoms with Crippen molar-refractivity contribution in [3.63, 3.8) is 0 Å². The quantitative estimate of drug-likeness (QED) is 0.484. The second-order valence-corrected chi connectivity index (χ2v) is 4.60. The van der Waals surface area contributed by atoms with Crippen LogP contribution in [-0.4, -0.2) is 46.3 Å². The number of carbonyl (C=O) groups is 4. The van der Waals surface area contributed by atoms with E-state index in [4.69, 9.17) is 5.11 Å². The Morgan fingerprint density at radius 3 is 2.35 bits per heavy atom. The predicted octanol–water partition coefficient (Wildman–Crippen LogP) is 0.0611. The molecule has 0 bridgehead atoms. The highest BCUT2D eigenvalue weighted by Crippen LogP contribution is 2.07. The van der Waals surface area contributed by atoms with Crippen molar-refractivity contribution in [2.24, 2.45) is 0 Å². The van der Waals surface area contributed by atoms with Gasteiger partial charge >= 0.3 is 5.97 Å². The number of nitrogens with one attached hydrogen (secondary N) is 1. The molecule has 1 aliphatic heterocycles. The zero-order valence-corrected chi connectivity index (χ0v) is 11.3. The van der Waals surface area contributed by atoms with Crippen molar-refractivity contribution in [1.29, 1.82) is 0 Å². The van der Waals surface area contributed by atoms with Crippen molar-refractivity contribution in [1.82, 2.24) is 10.2 Å². The van der Waals surface area contributed by atoms with E-state index >= 15 is 0 Å². The molecule has 0 aromatic heterocycles. The van der Waals surface area contributed by atoms with Gasteiger partial charge in [-0.15, -0.1) is 0 Å². The van der Waals surface area contributed by atoms with Crippen molar-refractivity contribution in [3.8, 4) is 0 Å². The summed E-state index contributed by atoms with van der Waals surface area (Å²) in [4.78, 5) is 45.5. The minimum Gasteiger partial charge on any atom is -0.480 e. The highest BCUT2D eigenvalue weighted by molar-refractivity contribution is 6.12. The van der Waals surface area contributed by atoms with E-state index in [1.807, 2.05) is 0 Å². The number of carboxylic acids is 1. The third-order valence-corrected chi connectivity index (χ3v) is 2.93. The number of imide groups is 1. The van der Waals surface area contributed by atoms with E-state index in [-0.39, 0.29) is 24.1 Å². The molecule has 3 amide bonds. The summed E-state index contributed by atoms with van der Waals surface area (Å²) in [5, 5.41) is 11.0. The number of nitrogens with zero attached hydrogens (tertiary/aromatic N) is 1. The lowest BCUT2D eigenvalue weighted by Crippen LogP contribution is -2.38. The second-order valence-electron chi connectivity index (χ2n) is 4.60. The molecule has 1 aliphatic rings. The van der Waals surface area contributed by atoms with Gasteiger partial charge in [-0.25, -0.2) is 0 Å². The normalized spacial score (nSPS) is 15.6. The van der Waals surface area contributed by atoms with E-state index in [9.17, 15) is 19.2 Å². The molecule has 0 radical (unpaired) electrons. The SMILES string of the molecule is C[C@H](NC(=O)CCCCCN1C(=O)C=CC1=O)C(=O)O. The van der Waals surface area contributed by atoms with Gasteiger partial charge in [0, 0.05) is 25.1 Å². The summed E-state index contributed by atoms with van der Waals surface area (Å²) in [5.74, 6) is -1.99. The van der Waals surface area contributed by atoms with Gasteiger partial charge < -0.3 is 10.4 Å². The Morgan fingerprint density at radius 2 is 1.80 bits per heavy atom. The second kappa shape index (κ2) is 7.42. The van der Waals surface area contributed by atoms with Crippen molar-refractivity contribution in [2.45, 2.75) is 38.6 Å². The van der Waals surface area contributed by atoms with Crippen LogP contribution < -0.4 is 5.32 Å². The molecule has 110 valence electrons. The van der Waals surface area contributed by atoms with Crippen LogP contribution in [0, 0.1) is 0 Å². The van der Waals surface area contributed by atoms with Crippen LogP contribution in [0.1, 0.15) is 32.6 Å². The summed E-state index contributed by atoms with van der Waals surface area (Å²) < 4.78 is 0. The van der Waals surface area contributed by atoms with Crippen LogP contribution in [0.2, 0.25) is 0 Å². The van der Waals surface area contributed by atoms with Crippen molar-refractivity contribution in [2.75, 3.05) is 6.54 Å². The molecule has 0 fully saturated rings. The fraction of sp³-hybridized carbons (Fsp3) is 0.538. The molecule has 0 aliphatic carbocycles. The lowest BCUT2D eigenvalue weighted by atomic mass is 10.1. The van der Waals surface area contributed by atoms with Crippen molar-refractivity contribution >= 4 is 23.7 Å². The summed E-state index contributed by atoms with van der Waals surface area (Å²) >= 11 is 0. The summed E-state index contributed by atoms with van der Waals surface area (Å²) in [5.41, 5.74) is 0. The molecule has 7 heteroatoms. The van der Waals surface area contributed by atoms with E-state index in [0.29, 0.717) is 25.8 Å². The molecule has 0 saturated carbocycles. The van der Waals surface area contributed by atoms with Crippen molar-refractivity contribution < 1.29 is 24.3 Å². The van der Waals surface area contributed by atoms with Gasteiger partial charge in [-0.3, -0.25) is 24.1 Å². The number of rotatable bonds is 8. The first-order chi connectivity index (χ1) is 9.41. The van der Waals surface area contributed by atoms with Gasteiger partial charge in [0.15, 0.2) is 0 Å². The summed E-state index contributed by atoms with van der Waals surface area (Å²) in [6.07, 6.45) is 4.61. The van der Waals surface area contributed by atoms with E-state index in [2.05, 4.69) is 5.32 Å². The highest BCUT2D eigenvalue weighted by atomic mass is 16.4. The highest BCUT2D eigenvalue weighted by Gasteiger charge is 2.22. The van der Waals surface area contributed by atoms with E-state index in [1.54, 1.807) is 0 Å². The van der Waals surface area contributed by atoms with E-state index < -0.39 is 12.0 Å². The lowest BCUT2D eigenvalue weighted by Gasteiger charge is -2.13. The van der Waals surface area contributed by atoms with Gasteiger partial charge in [-0.1, -0.05) is 6.42 Å².